The van der Waals surface area contributed by atoms with E-state index in [-0.39, 0.29) is 0 Å². The number of methoxy groups -OCH3 is 2. The number of nitrogens with zero attached hydrogens (tertiary/aromatic N) is 1. The first-order chi connectivity index (χ1) is 9.62. The summed E-state index contributed by atoms with van der Waals surface area (Å²) >= 11 is 0. The summed E-state index contributed by atoms with van der Waals surface area (Å²) in [4.78, 5) is 2.15. The maximum Gasteiger partial charge on any atom is 0.124 e. The molecular weight excluding hydrogens is 254 g/mol. The van der Waals surface area contributed by atoms with E-state index in [0.29, 0.717) is 12.3 Å². The van der Waals surface area contributed by atoms with Crippen molar-refractivity contribution in [2.45, 2.75) is 32.3 Å². The van der Waals surface area contributed by atoms with Crippen molar-refractivity contribution in [3.05, 3.63) is 23.8 Å². The third-order valence-corrected chi connectivity index (χ3v) is 3.42. The molecule has 1 unspecified atom stereocenters. The van der Waals surface area contributed by atoms with Crippen LogP contribution in [-0.4, -0.2) is 44.4 Å². The highest BCUT2D eigenvalue weighted by Crippen LogP contribution is 2.29. The summed E-state index contributed by atoms with van der Waals surface area (Å²) in [5.74, 6) is 1.42. The van der Waals surface area contributed by atoms with Crippen molar-refractivity contribution in [2.75, 3.05) is 34.4 Å². The van der Waals surface area contributed by atoms with Gasteiger partial charge in [-0.25, -0.2) is 0 Å². The van der Waals surface area contributed by atoms with Gasteiger partial charge in [0, 0.05) is 12.1 Å². The zero-order valence-electron chi connectivity index (χ0n) is 13.1. The summed E-state index contributed by atoms with van der Waals surface area (Å²) in [6.45, 7) is 3.78. The number of unbranched alkanes of at least 4 members (excludes halogenated alkanes) is 2. The fourth-order valence-electron chi connectivity index (χ4n) is 2.22. The summed E-state index contributed by atoms with van der Waals surface area (Å²) < 4.78 is 10.5. The lowest BCUT2D eigenvalue weighted by Crippen LogP contribution is -2.26. The number of likely N-dealkylation sites (N-methyl/N-ethyl adjacent to an activating group) is 1. The highest BCUT2D eigenvalue weighted by atomic mass is 16.5. The number of aliphatic hydroxyl groups excluding tert-OH is 1. The molecule has 0 fully saturated rings. The minimum atomic E-state index is -0.577. The molecule has 1 aromatic rings. The van der Waals surface area contributed by atoms with Crippen LogP contribution in [0.2, 0.25) is 0 Å². The monoisotopic (exact) mass is 281 g/mol. The van der Waals surface area contributed by atoms with Crippen LogP contribution >= 0.6 is 0 Å². The lowest BCUT2D eigenvalue weighted by atomic mass is 10.1. The number of benzene rings is 1. The number of rotatable bonds is 9. The van der Waals surface area contributed by atoms with Crippen molar-refractivity contribution >= 4 is 0 Å². The quantitative estimate of drug-likeness (QED) is 0.707. The van der Waals surface area contributed by atoms with Crippen LogP contribution in [-0.2, 0) is 0 Å². The molecule has 0 aliphatic heterocycles. The minimum Gasteiger partial charge on any atom is -0.497 e. The molecule has 0 aliphatic rings. The van der Waals surface area contributed by atoms with E-state index < -0.39 is 6.10 Å². The van der Waals surface area contributed by atoms with Crippen molar-refractivity contribution in [1.29, 1.82) is 0 Å². The lowest BCUT2D eigenvalue weighted by molar-refractivity contribution is 0.123. The third kappa shape index (κ3) is 5.02. The van der Waals surface area contributed by atoms with Gasteiger partial charge in [-0.05, 0) is 38.2 Å². The normalized spacial score (nSPS) is 12.5. The fraction of sp³-hybridized carbons (Fsp3) is 0.625. The Kier molecular flexibility index (Phi) is 7.41. The van der Waals surface area contributed by atoms with E-state index in [1.807, 2.05) is 25.2 Å². The Morgan fingerprint density at radius 3 is 2.55 bits per heavy atom. The van der Waals surface area contributed by atoms with Gasteiger partial charge in [0.25, 0.3) is 0 Å². The standard InChI is InChI=1S/C16H27NO3/c1-5-6-7-10-17(2)12-15(18)14-11-13(19-3)8-9-16(14)20-4/h8-9,11,15,18H,5-7,10,12H2,1-4H3. The Morgan fingerprint density at radius 2 is 1.95 bits per heavy atom. The van der Waals surface area contributed by atoms with E-state index in [4.69, 9.17) is 9.47 Å². The Balaban J connectivity index is 2.67. The molecule has 0 amide bonds. The molecule has 0 saturated heterocycles. The summed E-state index contributed by atoms with van der Waals surface area (Å²) in [6, 6.07) is 5.50. The molecule has 1 atom stereocenters. The van der Waals surface area contributed by atoms with Crippen LogP contribution in [0.4, 0.5) is 0 Å². The van der Waals surface area contributed by atoms with Gasteiger partial charge >= 0.3 is 0 Å². The van der Waals surface area contributed by atoms with E-state index >= 15 is 0 Å². The Morgan fingerprint density at radius 1 is 1.20 bits per heavy atom. The van der Waals surface area contributed by atoms with Crippen LogP contribution < -0.4 is 9.47 Å². The molecule has 1 aromatic carbocycles. The predicted octanol–water partition coefficient (Wildman–Crippen LogP) is 2.86. The zero-order valence-corrected chi connectivity index (χ0v) is 13.1. The minimum absolute atomic E-state index is 0.577. The number of hydrogen-bond donors (Lipinski definition) is 1. The topological polar surface area (TPSA) is 41.9 Å². The molecule has 20 heavy (non-hydrogen) atoms. The van der Waals surface area contributed by atoms with Crippen LogP contribution in [0.15, 0.2) is 18.2 Å². The smallest absolute Gasteiger partial charge is 0.124 e. The predicted molar refractivity (Wildman–Crippen MR) is 81.5 cm³/mol. The number of aliphatic hydroxyl groups is 1. The van der Waals surface area contributed by atoms with Crippen LogP contribution in [0, 0.1) is 0 Å². The average molecular weight is 281 g/mol. The summed E-state index contributed by atoms with van der Waals surface area (Å²) in [5.41, 5.74) is 0.772. The number of hydrogen-bond acceptors (Lipinski definition) is 4. The van der Waals surface area contributed by atoms with Gasteiger partial charge < -0.3 is 19.5 Å². The van der Waals surface area contributed by atoms with Crippen LogP contribution in [0.3, 0.4) is 0 Å². The van der Waals surface area contributed by atoms with E-state index in [1.165, 1.54) is 12.8 Å². The SMILES string of the molecule is CCCCCN(C)CC(O)c1cc(OC)ccc1OC. The molecule has 1 N–H and O–H groups in total. The van der Waals surface area contributed by atoms with Crippen LogP contribution in [0.25, 0.3) is 0 Å². The van der Waals surface area contributed by atoms with Gasteiger partial charge in [-0.2, -0.15) is 0 Å². The van der Waals surface area contributed by atoms with Gasteiger partial charge in [0.15, 0.2) is 0 Å². The van der Waals surface area contributed by atoms with Crippen molar-refractivity contribution in [3.63, 3.8) is 0 Å². The molecule has 0 aromatic heterocycles. The molecule has 0 spiro atoms. The van der Waals surface area contributed by atoms with Gasteiger partial charge in [0.1, 0.15) is 11.5 Å². The second-order valence-corrected chi connectivity index (χ2v) is 5.09. The van der Waals surface area contributed by atoms with E-state index in [1.54, 1.807) is 14.2 Å². The summed E-state index contributed by atoms with van der Waals surface area (Å²) in [5, 5.41) is 10.4. The molecule has 0 aliphatic carbocycles. The first-order valence-electron chi connectivity index (χ1n) is 7.20. The largest absolute Gasteiger partial charge is 0.497 e. The van der Waals surface area contributed by atoms with Crippen LogP contribution in [0.5, 0.6) is 11.5 Å². The average Bonchev–Trinajstić information content (AvgIpc) is 2.46. The molecular formula is C16H27NO3. The molecule has 4 heteroatoms. The second kappa shape index (κ2) is 8.82. The molecule has 0 bridgehead atoms. The first-order valence-corrected chi connectivity index (χ1v) is 7.20. The van der Waals surface area contributed by atoms with Crippen molar-refractivity contribution in [2.24, 2.45) is 0 Å². The van der Waals surface area contributed by atoms with E-state index in [0.717, 1.165) is 24.3 Å². The Labute approximate surface area is 122 Å². The van der Waals surface area contributed by atoms with E-state index in [9.17, 15) is 5.11 Å². The Bertz CT molecular complexity index is 395. The van der Waals surface area contributed by atoms with Gasteiger partial charge in [-0.3, -0.25) is 0 Å². The molecule has 114 valence electrons. The van der Waals surface area contributed by atoms with Gasteiger partial charge in [0.2, 0.25) is 0 Å². The van der Waals surface area contributed by atoms with Gasteiger partial charge in [0.05, 0.1) is 20.3 Å². The number of ether oxygens (including phenoxy) is 2. The Hall–Kier alpha value is -1.26. The fourth-order valence-corrected chi connectivity index (χ4v) is 2.22. The summed E-state index contributed by atoms with van der Waals surface area (Å²) in [6.07, 6.45) is 3.02. The molecule has 0 radical (unpaired) electrons. The van der Waals surface area contributed by atoms with Crippen molar-refractivity contribution in [3.8, 4) is 11.5 Å². The molecule has 1 rings (SSSR count). The molecule has 0 saturated carbocycles. The van der Waals surface area contributed by atoms with Crippen molar-refractivity contribution in [1.82, 2.24) is 4.90 Å². The maximum absolute atomic E-state index is 10.4. The van der Waals surface area contributed by atoms with E-state index in [2.05, 4.69) is 11.8 Å². The molecule has 0 heterocycles. The lowest BCUT2D eigenvalue weighted by Gasteiger charge is -2.22. The molecule has 4 nitrogen and oxygen atoms in total. The van der Waals surface area contributed by atoms with Crippen molar-refractivity contribution < 1.29 is 14.6 Å². The zero-order chi connectivity index (χ0) is 15.0. The van der Waals surface area contributed by atoms with Gasteiger partial charge in [-0.15, -0.1) is 0 Å². The van der Waals surface area contributed by atoms with Gasteiger partial charge in [-0.1, -0.05) is 19.8 Å². The third-order valence-electron chi connectivity index (χ3n) is 3.42. The summed E-state index contributed by atoms with van der Waals surface area (Å²) in [7, 11) is 5.27. The first kappa shape index (κ1) is 16.8. The highest BCUT2D eigenvalue weighted by molar-refractivity contribution is 5.41. The van der Waals surface area contributed by atoms with Crippen LogP contribution in [0.1, 0.15) is 37.9 Å². The highest BCUT2D eigenvalue weighted by Gasteiger charge is 2.16. The maximum atomic E-state index is 10.4. The second-order valence-electron chi connectivity index (χ2n) is 5.09.